The van der Waals surface area contributed by atoms with Crippen molar-refractivity contribution in [2.24, 2.45) is 5.92 Å². The Balaban J connectivity index is 1.40. The van der Waals surface area contributed by atoms with Crippen molar-refractivity contribution in [1.82, 2.24) is 9.80 Å². The second-order valence-corrected chi connectivity index (χ2v) is 9.55. The van der Waals surface area contributed by atoms with E-state index in [1.807, 2.05) is 41.3 Å². The number of halogens is 1. The van der Waals surface area contributed by atoms with Crippen LogP contribution in [0, 0.1) is 5.92 Å². The van der Waals surface area contributed by atoms with Gasteiger partial charge in [0, 0.05) is 49.7 Å². The van der Waals surface area contributed by atoms with Crippen LogP contribution in [0.4, 0.5) is 0 Å². The van der Waals surface area contributed by atoms with Crippen LogP contribution in [0.1, 0.15) is 29.9 Å². The molecule has 1 N–H and O–H groups in total. The summed E-state index contributed by atoms with van der Waals surface area (Å²) in [5.74, 6) is 0.341. The quantitative estimate of drug-likeness (QED) is 0.775. The number of ether oxygens (including phenoxy) is 1. The molecule has 1 spiro atoms. The van der Waals surface area contributed by atoms with Gasteiger partial charge in [-0.1, -0.05) is 54.1 Å². The van der Waals surface area contributed by atoms with Crippen LogP contribution in [0.2, 0.25) is 5.02 Å². The largest absolute Gasteiger partial charge is 0.394 e. The van der Waals surface area contributed by atoms with Gasteiger partial charge in [-0.05, 0) is 36.1 Å². The van der Waals surface area contributed by atoms with Crippen LogP contribution in [-0.4, -0.2) is 65.3 Å². The first kappa shape index (κ1) is 21.0. The molecule has 3 aliphatic rings. The number of carbonyl (C=O) groups is 1. The van der Waals surface area contributed by atoms with Crippen molar-refractivity contribution in [3.8, 4) is 0 Å². The van der Waals surface area contributed by atoms with Gasteiger partial charge in [0.25, 0.3) is 0 Å². The summed E-state index contributed by atoms with van der Waals surface area (Å²) in [6.45, 7) is 3.71. The van der Waals surface area contributed by atoms with Crippen LogP contribution >= 0.6 is 11.6 Å². The Morgan fingerprint density at radius 3 is 2.52 bits per heavy atom. The molecule has 3 saturated heterocycles. The fourth-order valence-electron chi connectivity index (χ4n) is 5.89. The Labute approximate surface area is 188 Å². The second kappa shape index (κ2) is 8.55. The highest BCUT2D eigenvalue weighted by Crippen LogP contribution is 2.54. The first-order chi connectivity index (χ1) is 15.1. The van der Waals surface area contributed by atoms with Crippen LogP contribution in [0.15, 0.2) is 54.6 Å². The maximum Gasteiger partial charge on any atom is 0.226 e. The van der Waals surface area contributed by atoms with Gasteiger partial charge in [-0.25, -0.2) is 0 Å². The molecule has 5 nitrogen and oxygen atoms in total. The van der Waals surface area contributed by atoms with Crippen LogP contribution in [0.3, 0.4) is 0 Å². The van der Waals surface area contributed by atoms with Crippen molar-refractivity contribution in [3.05, 3.63) is 70.7 Å². The van der Waals surface area contributed by atoms with E-state index in [0.717, 1.165) is 37.5 Å². The van der Waals surface area contributed by atoms with Gasteiger partial charge in [0.05, 0.1) is 18.2 Å². The van der Waals surface area contributed by atoms with Crippen molar-refractivity contribution in [2.75, 3.05) is 32.9 Å². The van der Waals surface area contributed by atoms with Gasteiger partial charge in [0.2, 0.25) is 5.91 Å². The number of hydrogen-bond donors (Lipinski definition) is 1. The van der Waals surface area contributed by atoms with Gasteiger partial charge in [0.1, 0.15) is 0 Å². The van der Waals surface area contributed by atoms with E-state index in [4.69, 9.17) is 16.3 Å². The van der Waals surface area contributed by atoms with Crippen LogP contribution in [-0.2, 0) is 16.1 Å². The van der Waals surface area contributed by atoms with Gasteiger partial charge in [-0.15, -0.1) is 0 Å². The normalized spacial score (nSPS) is 25.8. The number of hydrogen-bond acceptors (Lipinski definition) is 4. The average molecular weight is 441 g/mol. The Bertz CT molecular complexity index is 925. The minimum atomic E-state index is -0.247. The summed E-state index contributed by atoms with van der Waals surface area (Å²) in [6.07, 6.45) is 1.54. The molecule has 0 bridgehead atoms. The first-order valence-electron chi connectivity index (χ1n) is 11.2. The van der Waals surface area contributed by atoms with Crippen LogP contribution < -0.4 is 0 Å². The summed E-state index contributed by atoms with van der Waals surface area (Å²) < 4.78 is 5.47. The Kier molecular flexibility index (Phi) is 5.78. The highest BCUT2D eigenvalue weighted by atomic mass is 35.5. The van der Waals surface area contributed by atoms with E-state index in [2.05, 4.69) is 23.1 Å². The molecular formula is C25H29ClN2O3. The van der Waals surface area contributed by atoms with Crippen molar-refractivity contribution in [1.29, 1.82) is 0 Å². The van der Waals surface area contributed by atoms with E-state index in [0.29, 0.717) is 13.2 Å². The molecule has 2 atom stereocenters. The fourth-order valence-corrected chi connectivity index (χ4v) is 6.10. The first-order valence-corrected chi connectivity index (χ1v) is 11.5. The van der Waals surface area contributed by atoms with Gasteiger partial charge >= 0.3 is 0 Å². The van der Waals surface area contributed by atoms with Gasteiger partial charge in [-0.3, -0.25) is 9.69 Å². The Hall–Kier alpha value is -1.92. The molecule has 5 rings (SSSR count). The molecule has 1 amide bonds. The molecule has 3 fully saturated rings. The minimum absolute atomic E-state index is 0.00150. The summed E-state index contributed by atoms with van der Waals surface area (Å²) in [4.78, 5) is 18.0. The second-order valence-electron chi connectivity index (χ2n) is 9.11. The summed E-state index contributed by atoms with van der Waals surface area (Å²) in [5, 5.41) is 11.0. The molecule has 0 unspecified atom stereocenters. The molecule has 0 aromatic heterocycles. The number of amides is 1. The Morgan fingerprint density at radius 2 is 1.84 bits per heavy atom. The number of likely N-dealkylation sites (tertiary alicyclic amines) is 2. The highest BCUT2D eigenvalue weighted by molar-refractivity contribution is 6.30. The lowest BCUT2D eigenvalue weighted by Crippen LogP contribution is -2.85. The predicted molar refractivity (Wildman–Crippen MR) is 120 cm³/mol. The number of aliphatic hydroxyl groups is 1. The van der Waals surface area contributed by atoms with Crippen molar-refractivity contribution < 1.29 is 14.6 Å². The van der Waals surface area contributed by atoms with Gasteiger partial charge in [-0.2, -0.15) is 0 Å². The molecular weight excluding hydrogens is 412 g/mol. The predicted octanol–water partition coefficient (Wildman–Crippen LogP) is 3.31. The summed E-state index contributed by atoms with van der Waals surface area (Å²) >= 11 is 6.17. The summed E-state index contributed by atoms with van der Waals surface area (Å²) in [7, 11) is 0. The highest BCUT2D eigenvalue weighted by Gasteiger charge is 2.67. The SMILES string of the molecule is O=C(C1CCOCC1)N1[C@H](CO)[C@@H](c2ccccc2)C12CN(Cc1cccc(Cl)c1)C2. The third-order valence-corrected chi connectivity index (χ3v) is 7.45. The average Bonchev–Trinajstić information content (AvgIpc) is 2.76. The zero-order valence-electron chi connectivity index (χ0n) is 17.6. The number of rotatable bonds is 5. The fraction of sp³-hybridized carbons (Fsp3) is 0.480. The summed E-state index contributed by atoms with van der Waals surface area (Å²) in [6, 6.07) is 18.2. The maximum absolute atomic E-state index is 13.6. The third kappa shape index (κ3) is 3.68. The lowest BCUT2D eigenvalue weighted by Gasteiger charge is -2.71. The Morgan fingerprint density at radius 1 is 1.10 bits per heavy atom. The van der Waals surface area contributed by atoms with E-state index < -0.39 is 0 Å². The third-order valence-electron chi connectivity index (χ3n) is 7.22. The number of benzene rings is 2. The van der Waals surface area contributed by atoms with E-state index in [-0.39, 0.29) is 35.9 Å². The standard InChI is InChI=1S/C25H29ClN2O3/c26-21-8-4-5-18(13-21)14-27-16-25(17-27)23(19-6-2-1-3-7-19)22(15-29)28(25)24(30)20-9-11-31-12-10-20/h1-8,13,20,22-23,29H,9-12,14-17H2/t22-,23-/m1/s1. The zero-order valence-corrected chi connectivity index (χ0v) is 18.4. The molecule has 3 aliphatic heterocycles. The smallest absolute Gasteiger partial charge is 0.226 e. The van der Waals surface area contributed by atoms with E-state index in [1.54, 1.807) is 0 Å². The van der Waals surface area contributed by atoms with Gasteiger partial charge < -0.3 is 14.7 Å². The maximum atomic E-state index is 13.6. The molecule has 0 aliphatic carbocycles. The van der Waals surface area contributed by atoms with Crippen molar-refractivity contribution in [3.63, 3.8) is 0 Å². The van der Waals surface area contributed by atoms with Gasteiger partial charge in [0.15, 0.2) is 0 Å². The minimum Gasteiger partial charge on any atom is -0.394 e. The van der Waals surface area contributed by atoms with E-state index >= 15 is 0 Å². The van der Waals surface area contributed by atoms with E-state index in [9.17, 15) is 9.90 Å². The monoisotopic (exact) mass is 440 g/mol. The molecule has 164 valence electrons. The summed E-state index contributed by atoms with van der Waals surface area (Å²) in [5.41, 5.74) is 2.14. The number of aliphatic hydroxyl groups excluding tert-OH is 1. The molecule has 2 aromatic rings. The molecule has 0 saturated carbocycles. The lowest BCUT2D eigenvalue weighted by molar-refractivity contribution is -0.206. The van der Waals surface area contributed by atoms with Crippen molar-refractivity contribution in [2.45, 2.75) is 36.9 Å². The van der Waals surface area contributed by atoms with Crippen molar-refractivity contribution >= 4 is 17.5 Å². The molecule has 3 heterocycles. The lowest BCUT2D eigenvalue weighted by atomic mass is 9.60. The molecule has 0 radical (unpaired) electrons. The zero-order chi connectivity index (χ0) is 21.4. The van der Waals surface area contributed by atoms with Crippen LogP contribution in [0.25, 0.3) is 0 Å². The molecule has 6 heteroatoms. The molecule has 2 aromatic carbocycles. The number of carbonyl (C=O) groups excluding carboxylic acids is 1. The topological polar surface area (TPSA) is 53.0 Å². The van der Waals surface area contributed by atoms with Crippen LogP contribution in [0.5, 0.6) is 0 Å². The van der Waals surface area contributed by atoms with E-state index in [1.165, 1.54) is 11.1 Å². The molecule has 31 heavy (non-hydrogen) atoms. The number of nitrogens with zero attached hydrogens (tertiary/aromatic N) is 2.